The van der Waals surface area contributed by atoms with Gasteiger partial charge in [-0.3, -0.25) is 18.3 Å². The van der Waals surface area contributed by atoms with Crippen molar-refractivity contribution >= 4 is 54.7 Å². The normalized spacial score (nSPS) is 17.8. The quantitative estimate of drug-likeness (QED) is 0.0813. The molecule has 4 N–H and O–H groups in total. The van der Waals surface area contributed by atoms with Gasteiger partial charge < -0.3 is 56.8 Å². The highest BCUT2D eigenvalue weighted by molar-refractivity contribution is 7.54. The molecule has 0 saturated carbocycles. The molecule has 0 atom stereocenters. The first kappa shape index (κ1) is 50.7. The number of aromatic nitrogens is 2. The van der Waals surface area contributed by atoms with Crippen molar-refractivity contribution in [3.05, 3.63) is 68.8 Å². The molecule has 0 aliphatic carbocycles. The van der Waals surface area contributed by atoms with E-state index in [-0.39, 0.29) is 47.3 Å². The molecule has 0 amide bonds. The van der Waals surface area contributed by atoms with Gasteiger partial charge >= 0.3 is 30.4 Å². The Hall–Kier alpha value is -2.28. The molecule has 2 fully saturated rings. The summed E-state index contributed by atoms with van der Waals surface area (Å²) in [6.07, 6.45) is 12.3. The predicted octanol–water partition coefficient (Wildman–Crippen LogP) is 11.1. The van der Waals surface area contributed by atoms with E-state index in [0.29, 0.717) is 38.5 Å². The smallest absolute Gasteiger partial charge is 0.330 e. The van der Waals surface area contributed by atoms with Crippen LogP contribution in [0.2, 0.25) is 0 Å². The summed E-state index contributed by atoms with van der Waals surface area (Å²) in [5.41, 5.74) is 8.79. The molecule has 5 rings (SSSR count). The number of nitrogens with one attached hydrogen (secondary N) is 4. The second-order valence-corrected chi connectivity index (χ2v) is 27.0. The highest BCUT2D eigenvalue weighted by atomic mass is 31.2. The number of allylic oxidation sites excluding steroid dienone is 4. The lowest BCUT2D eigenvalue weighted by Gasteiger charge is -2.23. The Morgan fingerprint density at radius 3 is 1.02 bits per heavy atom. The van der Waals surface area contributed by atoms with Crippen LogP contribution in [0.5, 0.6) is 0 Å². The van der Waals surface area contributed by atoms with E-state index >= 15 is 0 Å². The van der Waals surface area contributed by atoms with Crippen LogP contribution in [0.15, 0.2) is 34.9 Å². The first-order valence-corrected chi connectivity index (χ1v) is 27.7. The molecule has 5 heterocycles. The number of H-pyrrole nitrogens is 2. The van der Waals surface area contributed by atoms with Gasteiger partial charge in [0.15, 0.2) is 0 Å². The van der Waals surface area contributed by atoms with Gasteiger partial charge in [0.2, 0.25) is 0 Å². The summed E-state index contributed by atoms with van der Waals surface area (Å²) in [6.45, 7) is 8.76. The lowest BCUT2D eigenvalue weighted by atomic mass is 9.86. The van der Waals surface area contributed by atoms with E-state index in [2.05, 4.69) is 84.7 Å². The minimum atomic E-state index is -3.36. The van der Waals surface area contributed by atoms with Crippen molar-refractivity contribution in [3.63, 3.8) is 0 Å². The fraction of sp³-hybridized carbons (Fsp3) is 0.619. The maximum atomic E-state index is 13.4. The first-order chi connectivity index (χ1) is 29.1. The van der Waals surface area contributed by atoms with Gasteiger partial charge in [0.05, 0.1) is 24.6 Å². The van der Waals surface area contributed by atoms with E-state index in [1.54, 1.807) is 0 Å². The fourth-order valence-electron chi connectivity index (χ4n) is 8.50. The zero-order chi connectivity index (χ0) is 45.7. The second-order valence-electron chi connectivity index (χ2n) is 17.4. The Morgan fingerprint density at radius 1 is 0.484 bits per heavy atom. The topological polar surface area (TPSA) is 198 Å². The van der Waals surface area contributed by atoms with Crippen molar-refractivity contribution in [2.75, 3.05) is 81.5 Å². The number of hydrogen-bond donors (Lipinski definition) is 4. The van der Waals surface area contributed by atoms with Crippen LogP contribution < -0.4 is 10.6 Å². The summed E-state index contributed by atoms with van der Waals surface area (Å²) in [6, 6.07) is 4.23. The van der Waals surface area contributed by atoms with Crippen molar-refractivity contribution in [2.45, 2.75) is 78.1 Å². The number of fused-ring (bicyclic) bond motifs is 8. The highest BCUT2D eigenvalue weighted by Gasteiger charge is 2.37. The van der Waals surface area contributed by atoms with Crippen LogP contribution >= 0.6 is 30.4 Å². The summed E-state index contributed by atoms with van der Waals surface area (Å²) in [5, 5.41) is 7.44. The minimum absolute atomic E-state index is 0.157. The molecule has 0 aromatic carbocycles. The Balaban J connectivity index is 1.66. The Labute approximate surface area is 367 Å². The highest BCUT2D eigenvalue weighted by Crippen LogP contribution is 2.54. The van der Waals surface area contributed by atoms with Crippen LogP contribution in [0, 0.1) is 10.8 Å². The first-order valence-electron chi connectivity index (χ1n) is 20.8. The van der Waals surface area contributed by atoms with Crippen LogP contribution in [0.1, 0.15) is 112 Å². The third-order valence-corrected chi connectivity index (χ3v) is 20.1. The molecular weight excluding hydrogens is 876 g/mol. The minimum Gasteiger partial charge on any atom is -0.362 e. The van der Waals surface area contributed by atoms with Crippen molar-refractivity contribution in [1.82, 2.24) is 20.6 Å². The van der Waals surface area contributed by atoms with Gasteiger partial charge in [-0.25, -0.2) is 0 Å². The van der Waals surface area contributed by atoms with Gasteiger partial charge in [-0.1, -0.05) is 27.7 Å². The lowest BCUT2D eigenvalue weighted by molar-refractivity contribution is 0.270. The molecule has 2 saturated heterocycles. The maximum absolute atomic E-state index is 13.4. The second kappa shape index (κ2) is 20.5. The van der Waals surface area contributed by atoms with E-state index in [4.69, 9.17) is 36.2 Å². The SMILES string of the molecule is COP(=O)(CCC(CCP(=O)(OC)OC)c1cc2[nH]c1C=C1NC(=Cc3cc(C(CCP(=O)(OC)OC)CCP(=O)(OC)OC)c([nH]3)C=C3NC(=C2)CC3(C)C)CC1(C)C)OC. The summed E-state index contributed by atoms with van der Waals surface area (Å²) in [5.74, 6) is -0.446. The fourth-order valence-corrected chi connectivity index (χ4v) is 13.1. The number of aromatic amines is 2. The predicted molar refractivity (Wildman–Crippen MR) is 246 cm³/mol. The number of hydrogen-bond acceptors (Lipinski definition) is 14. The molecule has 0 radical (unpaired) electrons. The molecule has 2 aromatic rings. The molecule has 3 aliphatic rings. The van der Waals surface area contributed by atoms with Crippen molar-refractivity contribution in [2.24, 2.45) is 10.8 Å². The molecule has 2 aromatic heterocycles. The summed E-state index contributed by atoms with van der Waals surface area (Å²) < 4.78 is 96.0. The maximum Gasteiger partial charge on any atom is 0.330 e. The van der Waals surface area contributed by atoms with Gasteiger partial charge in [0.1, 0.15) is 0 Å². The van der Waals surface area contributed by atoms with Crippen LogP contribution in [0.3, 0.4) is 0 Å². The summed E-state index contributed by atoms with van der Waals surface area (Å²) in [7, 11) is -2.38. The van der Waals surface area contributed by atoms with Crippen LogP contribution in [-0.4, -0.2) is 91.5 Å². The van der Waals surface area contributed by atoms with Crippen LogP contribution in [-0.2, 0) is 54.5 Å². The molecule has 62 heavy (non-hydrogen) atoms. The monoisotopic (exact) mass is 944 g/mol. The third kappa shape index (κ3) is 12.1. The lowest BCUT2D eigenvalue weighted by Crippen LogP contribution is -2.14. The van der Waals surface area contributed by atoms with E-state index in [0.717, 1.165) is 56.7 Å². The Bertz CT molecular complexity index is 1990. The summed E-state index contributed by atoms with van der Waals surface area (Å²) in [4.78, 5) is 7.39. The molecule has 0 spiro atoms. The van der Waals surface area contributed by atoms with Crippen LogP contribution in [0.25, 0.3) is 24.3 Å². The summed E-state index contributed by atoms with van der Waals surface area (Å²) >= 11 is 0. The molecule has 348 valence electrons. The molecule has 20 heteroatoms. The van der Waals surface area contributed by atoms with Gasteiger partial charge in [0, 0.05) is 113 Å². The molecular formula is C42H68N4O12P4. The molecule has 8 bridgehead atoms. The van der Waals surface area contributed by atoms with E-state index < -0.39 is 30.4 Å². The van der Waals surface area contributed by atoms with Gasteiger partial charge in [-0.15, -0.1) is 0 Å². The zero-order valence-electron chi connectivity index (χ0n) is 38.4. The Morgan fingerprint density at radius 2 is 0.758 bits per heavy atom. The van der Waals surface area contributed by atoms with Crippen molar-refractivity contribution < 1.29 is 54.5 Å². The van der Waals surface area contributed by atoms with E-state index in [9.17, 15) is 18.3 Å². The molecule has 0 unspecified atom stereocenters. The van der Waals surface area contributed by atoms with E-state index in [1.807, 2.05) is 0 Å². The van der Waals surface area contributed by atoms with Gasteiger partial charge in [0.25, 0.3) is 0 Å². The Kier molecular flexibility index (Phi) is 16.8. The zero-order valence-corrected chi connectivity index (χ0v) is 42.0. The van der Waals surface area contributed by atoms with Gasteiger partial charge in [-0.05, 0) is 97.9 Å². The average molecular weight is 945 g/mol. The molecule has 3 aliphatic heterocycles. The average Bonchev–Trinajstić information content (AvgIpc) is 3.99. The van der Waals surface area contributed by atoms with Crippen molar-refractivity contribution in [1.29, 1.82) is 0 Å². The largest absolute Gasteiger partial charge is 0.362 e. The van der Waals surface area contributed by atoms with E-state index in [1.165, 1.54) is 56.9 Å². The van der Waals surface area contributed by atoms with Crippen LogP contribution in [0.4, 0.5) is 0 Å². The third-order valence-electron chi connectivity index (χ3n) is 12.5. The van der Waals surface area contributed by atoms with Gasteiger partial charge in [-0.2, -0.15) is 0 Å². The standard InChI is InChI=1S/C42H68N4O12P4/c1-41(2)27-33-21-31-23-36(30(15-19-61(49,55-9)56-10)16-20-62(50,57-11)58-12)38(44-31)26-40-42(3,4)28-34(46-40)22-32-24-35(37(43-32)25-39(41)45-33)29(13-17-59(47,51-5)52-6)14-18-60(48,53-7)54-8/h21-26,29-30,43-46H,13-20,27-28H2,1-12H3. The number of rotatable bonds is 22. The molecule has 16 nitrogen and oxygen atoms in total. The van der Waals surface area contributed by atoms with Crippen molar-refractivity contribution in [3.8, 4) is 0 Å².